The molecule has 0 saturated heterocycles. The zero-order valence-electron chi connectivity index (χ0n) is 37.0. The van der Waals surface area contributed by atoms with Crippen molar-refractivity contribution in [2.75, 3.05) is 4.90 Å². The van der Waals surface area contributed by atoms with Gasteiger partial charge in [0.2, 0.25) is 0 Å². The zero-order valence-corrected chi connectivity index (χ0v) is 37.0. The van der Waals surface area contributed by atoms with E-state index in [0.717, 1.165) is 44.4 Å². The Labute approximate surface area is 377 Å². The molecule has 1 heterocycles. The molecule has 1 aromatic heterocycles. The van der Waals surface area contributed by atoms with Gasteiger partial charge in [0.15, 0.2) is 0 Å². The minimum atomic E-state index is -0.156. The third-order valence-corrected chi connectivity index (χ3v) is 15.4. The van der Waals surface area contributed by atoms with Gasteiger partial charge < -0.3 is 9.32 Å². The van der Waals surface area contributed by atoms with Crippen LogP contribution in [0.4, 0.5) is 17.1 Å². The number of benzene rings is 7. The fourth-order valence-electron chi connectivity index (χ4n) is 12.1. The Morgan fingerprint density at radius 1 is 0.547 bits per heavy atom. The SMILES string of the molecule is CC1(C)c2ccccc2-c2ccc(-c3ccc(N(c4cccc(-c5cccc6c5oc5ccccc56)c4)c4ccccc4C4C=CC=C5C=CC=C(C6CCCCC6)C54C)cc3)cc21. The first kappa shape index (κ1) is 38.7. The van der Waals surface area contributed by atoms with E-state index in [2.05, 4.69) is 214 Å². The summed E-state index contributed by atoms with van der Waals surface area (Å²) in [5.41, 5.74) is 19.6. The van der Waals surface area contributed by atoms with Crippen LogP contribution >= 0.6 is 0 Å². The molecule has 2 nitrogen and oxygen atoms in total. The van der Waals surface area contributed by atoms with Crippen LogP contribution in [0.15, 0.2) is 210 Å². The number of rotatable bonds is 7. The van der Waals surface area contributed by atoms with Gasteiger partial charge in [-0.3, -0.25) is 0 Å². The van der Waals surface area contributed by atoms with Gasteiger partial charge in [0, 0.05) is 50.1 Å². The second-order valence-corrected chi connectivity index (χ2v) is 19.2. The Bertz CT molecular complexity index is 3250. The molecule has 2 atom stereocenters. The van der Waals surface area contributed by atoms with Crippen LogP contribution in [0.5, 0.6) is 0 Å². The molecule has 4 aliphatic carbocycles. The highest BCUT2D eigenvalue weighted by molar-refractivity contribution is 6.09. The largest absolute Gasteiger partial charge is 0.455 e. The molecule has 64 heavy (non-hydrogen) atoms. The van der Waals surface area contributed by atoms with Crippen LogP contribution in [-0.4, -0.2) is 0 Å². The zero-order chi connectivity index (χ0) is 43.0. The molecular formula is C62H53NO. The van der Waals surface area contributed by atoms with E-state index in [1.807, 2.05) is 6.07 Å². The molecule has 4 aliphatic rings. The summed E-state index contributed by atoms with van der Waals surface area (Å²) in [6.45, 7) is 7.25. The van der Waals surface area contributed by atoms with E-state index in [-0.39, 0.29) is 16.7 Å². The minimum absolute atomic E-state index is 0.0560. The summed E-state index contributed by atoms with van der Waals surface area (Å²) >= 11 is 0. The first-order valence-corrected chi connectivity index (χ1v) is 23.4. The maximum absolute atomic E-state index is 6.60. The lowest BCUT2D eigenvalue weighted by atomic mass is 9.57. The Morgan fingerprint density at radius 2 is 1.28 bits per heavy atom. The Hall–Kier alpha value is -6.90. The number of hydrogen-bond donors (Lipinski definition) is 0. The van der Waals surface area contributed by atoms with Gasteiger partial charge in [-0.15, -0.1) is 0 Å². The van der Waals surface area contributed by atoms with Gasteiger partial charge in [0.1, 0.15) is 11.2 Å². The maximum Gasteiger partial charge on any atom is 0.143 e. The quantitative estimate of drug-likeness (QED) is 0.159. The molecule has 1 saturated carbocycles. The molecule has 1 fully saturated rings. The molecule has 8 aromatic rings. The monoisotopic (exact) mass is 827 g/mol. The maximum atomic E-state index is 6.60. The number of allylic oxidation sites excluding steroid dienone is 8. The first-order valence-electron chi connectivity index (χ1n) is 23.4. The van der Waals surface area contributed by atoms with Crippen LogP contribution in [0.1, 0.15) is 75.5 Å². The Morgan fingerprint density at radius 3 is 2.17 bits per heavy atom. The number of anilines is 3. The van der Waals surface area contributed by atoms with Gasteiger partial charge in [-0.2, -0.15) is 0 Å². The molecule has 0 aliphatic heterocycles. The van der Waals surface area contributed by atoms with E-state index in [9.17, 15) is 0 Å². The standard InChI is InChI=1S/C62H53NO/c1-61(2)55-28-10-7-23-49(55)50-38-35-43(40-57(50)61)41-33-36-46(37-34-41)63(47-22-13-19-44(39-47)48-26-16-27-52-51-24-9-12-32-59(51)64-60(48)52)58-31-11-8-25-53(58)56-30-15-21-45-20-14-29-54(62(45,56)3)42-17-5-4-6-18-42/h7-16,19-40,42,56H,4-6,17-18H2,1-3H3. The predicted molar refractivity (Wildman–Crippen MR) is 269 cm³/mol. The van der Waals surface area contributed by atoms with Crippen LogP contribution in [-0.2, 0) is 5.41 Å². The molecule has 312 valence electrons. The van der Waals surface area contributed by atoms with E-state index in [4.69, 9.17) is 4.42 Å². The normalized spacial score (nSPS) is 19.8. The lowest BCUT2D eigenvalue weighted by Gasteiger charge is -2.47. The highest BCUT2D eigenvalue weighted by Crippen LogP contribution is 2.58. The summed E-state index contributed by atoms with van der Waals surface area (Å²) < 4.78 is 6.60. The van der Waals surface area contributed by atoms with Gasteiger partial charge in [0.25, 0.3) is 0 Å². The second-order valence-electron chi connectivity index (χ2n) is 19.2. The van der Waals surface area contributed by atoms with Gasteiger partial charge >= 0.3 is 0 Å². The van der Waals surface area contributed by atoms with Crippen molar-refractivity contribution in [2.24, 2.45) is 11.3 Å². The molecule has 7 aromatic carbocycles. The molecule has 2 unspecified atom stereocenters. The van der Waals surface area contributed by atoms with Crippen molar-refractivity contribution in [2.45, 2.75) is 64.2 Å². The van der Waals surface area contributed by atoms with Crippen molar-refractivity contribution >= 4 is 39.0 Å². The van der Waals surface area contributed by atoms with E-state index < -0.39 is 0 Å². The fourth-order valence-corrected chi connectivity index (χ4v) is 12.1. The fraction of sp³-hybridized carbons (Fsp3) is 0.194. The molecule has 0 radical (unpaired) electrons. The van der Waals surface area contributed by atoms with Crippen LogP contribution in [0.25, 0.3) is 55.3 Å². The third-order valence-electron chi connectivity index (χ3n) is 15.4. The molecule has 0 bridgehead atoms. The van der Waals surface area contributed by atoms with E-state index in [1.165, 1.54) is 82.3 Å². The highest BCUT2D eigenvalue weighted by Gasteiger charge is 2.45. The summed E-state index contributed by atoms with van der Waals surface area (Å²) in [7, 11) is 0. The summed E-state index contributed by atoms with van der Waals surface area (Å²) in [5.74, 6) is 0.753. The summed E-state index contributed by atoms with van der Waals surface area (Å²) in [5, 5.41) is 2.28. The topological polar surface area (TPSA) is 16.4 Å². The second kappa shape index (κ2) is 15.1. The molecular weight excluding hydrogens is 775 g/mol. The van der Waals surface area contributed by atoms with Gasteiger partial charge in [-0.05, 0) is 111 Å². The molecule has 0 amide bonds. The molecule has 0 spiro atoms. The lowest BCUT2D eigenvalue weighted by Crippen LogP contribution is -2.36. The minimum Gasteiger partial charge on any atom is -0.455 e. The van der Waals surface area contributed by atoms with E-state index >= 15 is 0 Å². The number of hydrogen-bond acceptors (Lipinski definition) is 2. The van der Waals surface area contributed by atoms with Crippen LogP contribution in [0, 0.1) is 11.3 Å². The van der Waals surface area contributed by atoms with Gasteiger partial charge in [-0.1, -0.05) is 197 Å². The first-order chi connectivity index (χ1) is 31.4. The number of furan rings is 1. The Balaban J connectivity index is 1.000. The van der Waals surface area contributed by atoms with Crippen molar-refractivity contribution < 1.29 is 4.42 Å². The lowest BCUT2D eigenvalue weighted by molar-refractivity contribution is 0.317. The average molecular weight is 828 g/mol. The third kappa shape index (κ3) is 6.06. The Kier molecular flexibility index (Phi) is 9.16. The molecule has 12 rings (SSSR count). The predicted octanol–water partition coefficient (Wildman–Crippen LogP) is 17.4. The van der Waals surface area contributed by atoms with Crippen LogP contribution in [0.3, 0.4) is 0 Å². The molecule has 0 N–H and O–H groups in total. The van der Waals surface area contributed by atoms with Gasteiger partial charge in [-0.25, -0.2) is 0 Å². The van der Waals surface area contributed by atoms with Crippen LogP contribution < -0.4 is 4.90 Å². The molecule has 2 heteroatoms. The smallest absolute Gasteiger partial charge is 0.143 e. The van der Waals surface area contributed by atoms with Crippen molar-refractivity contribution in [1.82, 2.24) is 0 Å². The number of para-hydroxylation sites is 3. The van der Waals surface area contributed by atoms with Crippen molar-refractivity contribution in [3.63, 3.8) is 0 Å². The summed E-state index contributed by atoms with van der Waals surface area (Å²) in [6.07, 6.45) is 20.8. The van der Waals surface area contributed by atoms with E-state index in [1.54, 1.807) is 5.57 Å². The number of nitrogens with zero attached hydrogens (tertiary/aromatic N) is 1. The van der Waals surface area contributed by atoms with Crippen molar-refractivity contribution in [3.05, 3.63) is 222 Å². The number of fused-ring (bicyclic) bond motifs is 7. The van der Waals surface area contributed by atoms with Crippen molar-refractivity contribution in [1.29, 1.82) is 0 Å². The van der Waals surface area contributed by atoms with E-state index in [0.29, 0.717) is 5.92 Å². The summed E-state index contributed by atoms with van der Waals surface area (Å²) in [6, 6.07) is 58.4. The summed E-state index contributed by atoms with van der Waals surface area (Å²) in [4.78, 5) is 2.50. The highest BCUT2D eigenvalue weighted by atomic mass is 16.3. The van der Waals surface area contributed by atoms with Gasteiger partial charge in [0.05, 0.1) is 0 Å². The average Bonchev–Trinajstić information content (AvgIpc) is 3.83. The van der Waals surface area contributed by atoms with Crippen LogP contribution in [0.2, 0.25) is 0 Å². The van der Waals surface area contributed by atoms with Crippen molar-refractivity contribution in [3.8, 4) is 33.4 Å².